The number of rotatable bonds is 9. The molecular weight excluding hydrogens is 395 g/mol. The zero-order valence-electron chi connectivity index (χ0n) is 11.9. The van der Waals surface area contributed by atoms with E-state index in [1.54, 1.807) is 0 Å². The van der Waals surface area contributed by atoms with Crippen LogP contribution in [0.4, 0.5) is 0 Å². The van der Waals surface area contributed by atoms with Crippen molar-refractivity contribution in [2.45, 2.75) is 24.9 Å². The Morgan fingerprint density at radius 3 is 2.22 bits per heavy atom. The number of nitrogens with two attached hydrogens (primary N) is 1. The largest absolute Gasteiger partial charge is 0.480 e. The van der Waals surface area contributed by atoms with Gasteiger partial charge in [-0.2, -0.15) is 12.6 Å². The van der Waals surface area contributed by atoms with Gasteiger partial charge in [0.05, 0.1) is 0 Å². The molecule has 0 aromatic rings. The van der Waals surface area contributed by atoms with Crippen molar-refractivity contribution in [3.05, 3.63) is 0 Å². The van der Waals surface area contributed by atoms with Crippen molar-refractivity contribution in [2.75, 3.05) is 12.3 Å². The zero-order chi connectivity index (χ0) is 18.4. The van der Waals surface area contributed by atoms with Crippen molar-refractivity contribution in [1.82, 2.24) is 10.6 Å². The summed E-state index contributed by atoms with van der Waals surface area (Å²) in [5.41, 5.74) is 5.23. The summed E-state index contributed by atoms with van der Waals surface area (Å²) in [6, 6.07) is -2.15. The third kappa shape index (κ3) is 13.7. The summed E-state index contributed by atoms with van der Waals surface area (Å²) in [7, 11) is 0. The molecule has 0 rings (SSSR count). The second kappa shape index (κ2) is 13.9. The quantitative estimate of drug-likeness (QED) is 0.123. The van der Waals surface area contributed by atoms with Crippen LogP contribution in [-0.4, -0.2) is 78.6 Å². The Bertz CT molecular complexity index is 469. The first-order valence-electron chi connectivity index (χ1n) is 6.11. The number of hydrogen-bond acceptors (Lipinski definition) is 7. The summed E-state index contributed by atoms with van der Waals surface area (Å²) in [4.78, 5) is 43.7. The standard InChI is InChI=1S/C10H17N3O6S.CHNSe/c11-5(10(18)19)1-2-7(14)13-6(4-20)9(17)12-3-8(15)16;2-1-3/h5-6,20H,1-4,11H2,(H,12,17)(H,13,14)(H,15,16)(H,18,19);2H/t5-,6-;/m0./s1. The van der Waals surface area contributed by atoms with Gasteiger partial charge in [0, 0.05) is 12.2 Å². The Hall–Kier alpha value is -1.71. The van der Waals surface area contributed by atoms with Crippen LogP contribution < -0.4 is 16.4 Å². The van der Waals surface area contributed by atoms with Gasteiger partial charge in [-0.15, -0.1) is 0 Å². The van der Waals surface area contributed by atoms with Gasteiger partial charge in [-0.25, -0.2) is 0 Å². The van der Waals surface area contributed by atoms with Crippen molar-refractivity contribution in [1.29, 1.82) is 5.41 Å². The second-order valence-electron chi connectivity index (χ2n) is 4.00. The minimum atomic E-state index is -1.22. The van der Waals surface area contributed by atoms with Crippen LogP contribution in [-0.2, 0) is 19.2 Å². The first-order valence-corrected chi connectivity index (χ1v) is 7.60. The van der Waals surface area contributed by atoms with E-state index in [9.17, 15) is 19.2 Å². The maximum absolute atomic E-state index is 11.5. The molecule has 0 unspecified atom stereocenters. The fourth-order valence-corrected chi connectivity index (χ4v) is 1.41. The number of hydrogen-bond donors (Lipinski definition) is 7. The average Bonchev–Trinajstić information content (AvgIpc) is 2.48. The number of amides is 2. The predicted molar refractivity (Wildman–Crippen MR) is 84.8 cm³/mol. The van der Waals surface area contributed by atoms with E-state index in [4.69, 9.17) is 21.4 Å². The molecule has 130 valence electrons. The molecule has 0 aliphatic rings. The maximum Gasteiger partial charge on any atom is 0.322 e. The van der Waals surface area contributed by atoms with Gasteiger partial charge < -0.3 is 26.6 Å². The van der Waals surface area contributed by atoms with E-state index in [1.165, 1.54) is 0 Å². The molecule has 0 aromatic carbocycles. The first-order chi connectivity index (χ1) is 10.7. The van der Waals surface area contributed by atoms with E-state index >= 15 is 0 Å². The molecule has 2 amide bonds. The molecule has 0 aliphatic carbocycles. The molecule has 0 fully saturated rings. The van der Waals surface area contributed by atoms with E-state index in [2.05, 4.69) is 38.8 Å². The molecule has 0 aliphatic heterocycles. The Labute approximate surface area is 145 Å². The van der Waals surface area contributed by atoms with Gasteiger partial charge in [-0.05, 0) is 6.42 Å². The molecule has 0 radical (unpaired) electrons. The van der Waals surface area contributed by atoms with E-state index in [-0.39, 0.29) is 18.6 Å². The number of aliphatic carboxylic acids is 2. The Balaban J connectivity index is 0. The van der Waals surface area contributed by atoms with Crippen LogP contribution in [0, 0.1) is 5.41 Å². The van der Waals surface area contributed by atoms with Crippen LogP contribution in [0.1, 0.15) is 12.8 Å². The molecule has 10 nitrogen and oxygen atoms in total. The third-order valence-corrected chi connectivity index (χ3v) is 2.61. The number of carbonyl (C=O) groups is 4. The summed E-state index contributed by atoms with van der Waals surface area (Å²) in [5.74, 6) is -3.70. The first kappa shape index (κ1) is 23.6. The molecule has 0 saturated carbocycles. The van der Waals surface area contributed by atoms with Gasteiger partial charge in [0.15, 0.2) is 0 Å². The normalized spacial score (nSPS) is 11.7. The number of carboxylic acid groups (broad SMARTS) is 2. The minimum Gasteiger partial charge on any atom is -0.480 e. The Kier molecular flexibility index (Phi) is 14.3. The third-order valence-electron chi connectivity index (χ3n) is 2.25. The molecular formula is C11H18N4O6SSe. The smallest absolute Gasteiger partial charge is 0.322 e. The summed E-state index contributed by atoms with van der Waals surface area (Å²) in [6.45, 7) is -0.567. The summed E-state index contributed by atoms with van der Waals surface area (Å²) in [6.07, 6.45) is -0.235. The van der Waals surface area contributed by atoms with Gasteiger partial charge in [-0.3, -0.25) is 19.2 Å². The molecule has 0 bridgehead atoms. The number of thiol groups is 1. The van der Waals surface area contributed by atoms with Gasteiger partial charge in [0.1, 0.15) is 18.6 Å². The molecule has 7 N–H and O–H groups in total. The van der Waals surface area contributed by atoms with Crippen LogP contribution in [0.2, 0.25) is 0 Å². The van der Waals surface area contributed by atoms with Crippen molar-refractivity contribution in [2.24, 2.45) is 5.73 Å². The zero-order valence-corrected chi connectivity index (χ0v) is 14.6. The summed E-state index contributed by atoms with van der Waals surface area (Å²) >= 11 is 6.10. The molecule has 0 spiro atoms. The molecule has 0 saturated heterocycles. The molecule has 0 heterocycles. The van der Waals surface area contributed by atoms with Crippen molar-refractivity contribution in [3.63, 3.8) is 0 Å². The van der Waals surface area contributed by atoms with Crippen LogP contribution in [0.25, 0.3) is 0 Å². The minimum absolute atomic E-state index is 0.0256. The van der Waals surface area contributed by atoms with Crippen molar-refractivity contribution < 1.29 is 29.4 Å². The monoisotopic (exact) mass is 414 g/mol. The van der Waals surface area contributed by atoms with E-state index in [0.29, 0.717) is 0 Å². The van der Waals surface area contributed by atoms with Gasteiger partial charge in [0.2, 0.25) is 11.8 Å². The predicted octanol–water partition coefficient (Wildman–Crippen LogP) is -2.57. The van der Waals surface area contributed by atoms with Gasteiger partial charge >= 0.3 is 37.6 Å². The Morgan fingerprint density at radius 2 is 1.83 bits per heavy atom. The van der Waals surface area contributed by atoms with Crippen LogP contribution in [0.3, 0.4) is 0 Å². The molecule has 12 heteroatoms. The number of carboxylic acids is 2. The van der Waals surface area contributed by atoms with Crippen LogP contribution in [0.5, 0.6) is 0 Å². The number of carbonyl (C=O) groups excluding carboxylic acids is 2. The fourth-order valence-electron chi connectivity index (χ4n) is 1.16. The summed E-state index contributed by atoms with van der Waals surface area (Å²) in [5, 5.41) is 27.3. The van der Waals surface area contributed by atoms with Crippen molar-refractivity contribution >= 4 is 56.7 Å². The van der Waals surface area contributed by atoms with Crippen LogP contribution in [0.15, 0.2) is 0 Å². The van der Waals surface area contributed by atoms with E-state index in [0.717, 1.165) is 0 Å². The fraction of sp³-hybridized carbons (Fsp3) is 0.545. The topological polar surface area (TPSA) is 183 Å². The van der Waals surface area contributed by atoms with E-state index in [1.807, 2.05) is 4.71 Å². The Morgan fingerprint density at radius 1 is 1.30 bits per heavy atom. The molecule has 0 aromatic heterocycles. The molecule has 23 heavy (non-hydrogen) atoms. The van der Waals surface area contributed by atoms with Crippen molar-refractivity contribution in [3.8, 4) is 0 Å². The summed E-state index contributed by atoms with van der Waals surface area (Å²) < 4.78 is 1.88. The second-order valence-corrected chi connectivity index (χ2v) is 4.79. The maximum atomic E-state index is 11.5. The average molecular weight is 413 g/mol. The van der Waals surface area contributed by atoms with E-state index < -0.39 is 42.4 Å². The van der Waals surface area contributed by atoms with Crippen LogP contribution >= 0.6 is 12.6 Å². The SMILES string of the molecule is N=C=[Se].N[C@@H](CCC(=O)N[C@@H](CS)C(=O)NCC(=O)O)C(=O)O. The number of nitrogens with one attached hydrogen (secondary N) is 3. The van der Waals surface area contributed by atoms with Gasteiger partial charge in [-0.1, -0.05) is 0 Å². The molecule has 2 atom stereocenters. The van der Waals surface area contributed by atoms with Gasteiger partial charge in [0.25, 0.3) is 0 Å².